The van der Waals surface area contributed by atoms with E-state index in [1.807, 2.05) is 0 Å². The molecular weight excluding hydrogens is 216 g/mol. The first kappa shape index (κ1) is 13.2. The van der Waals surface area contributed by atoms with E-state index in [0.29, 0.717) is 0 Å². The van der Waals surface area contributed by atoms with Crippen molar-refractivity contribution in [2.75, 3.05) is 0 Å². The van der Waals surface area contributed by atoms with Crippen LogP contribution in [0.15, 0.2) is 0 Å². The zero-order valence-electron chi connectivity index (χ0n) is 7.80. The van der Waals surface area contributed by atoms with Crippen LogP contribution in [-0.4, -0.2) is 24.0 Å². The van der Waals surface area contributed by atoms with E-state index < -0.39 is 30.4 Å². The number of terminal acetylenes is 1. The Morgan fingerprint density at radius 2 is 1.94 bits per heavy atom. The molecule has 7 nitrogen and oxygen atoms in total. The summed E-state index contributed by atoms with van der Waals surface area (Å²) in [5.74, 6) is -2.28. The molecule has 0 radical (unpaired) electrons. The van der Waals surface area contributed by atoms with Crippen LogP contribution in [0, 0.1) is 35.0 Å². The van der Waals surface area contributed by atoms with Crippen molar-refractivity contribution >= 4 is 17.9 Å². The molecular formula is C9H4N2O5. The molecule has 0 aromatic carbocycles. The van der Waals surface area contributed by atoms with Crippen molar-refractivity contribution in [3.63, 3.8) is 0 Å². The van der Waals surface area contributed by atoms with Gasteiger partial charge in [0.05, 0.1) is 6.07 Å². The molecule has 0 spiro atoms. The number of nitrogens with zero attached hydrogens (tertiary/aromatic N) is 2. The van der Waals surface area contributed by atoms with E-state index in [9.17, 15) is 14.4 Å². The zero-order chi connectivity index (χ0) is 12.6. The third-order valence-electron chi connectivity index (χ3n) is 1.11. The second kappa shape index (κ2) is 6.58. The second-order valence-corrected chi connectivity index (χ2v) is 2.19. The molecule has 0 aliphatic carbocycles. The van der Waals surface area contributed by atoms with Crippen LogP contribution in [0.4, 0.5) is 0 Å². The highest BCUT2D eigenvalue weighted by atomic mass is 16.6. The first-order valence-corrected chi connectivity index (χ1v) is 3.73. The van der Waals surface area contributed by atoms with Gasteiger partial charge in [-0.3, -0.25) is 4.79 Å². The molecule has 0 N–H and O–H groups in total. The quantitative estimate of drug-likeness (QED) is 0.260. The number of hydrogen-bond acceptors (Lipinski definition) is 7. The van der Waals surface area contributed by atoms with Gasteiger partial charge in [-0.2, -0.15) is 10.5 Å². The van der Waals surface area contributed by atoms with Gasteiger partial charge in [0.25, 0.3) is 6.10 Å². The molecule has 0 amide bonds. The van der Waals surface area contributed by atoms with Crippen LogP contribution in [0.3, 0.4) is 0 Å². The molecule has 16 heavy (non-hydrogen) atoms. The molecule has 0 aliphatic rings. The molecule has 0 rings (SSSR count). The molecule has 0 saturated heterocycles. The Kier molecular flexibility index (Phi) is 5.41. The second-order valence-electron chi connectivity index (χ2n) is 2.19. The van der Waals surface area contributed by atoms with Crippen molar-refractivity contribution < 1.29 is 23.9 Å². The minimum Gasteiger partial charge on any atom is -0.425 e. The third-order valence-corrected chi connectivity index (χ3v) is 1.11. The average molecular weight is 220 g/mol. The predicted octanol–water partition coefficient (Wildman–Crippen LogP) is -0.962. The maximum absolute atomic E-state index is 11.0. The first-order valence-electron chi connectivity index (χ1n) is 3.73. The molecule has 80 valence electrons. The van der Waals surface area contributed by atoms with Crippen molar-refractivity contribution in [1.29, 1.82) is 10.5 Å². The molecule has 0 aliphatic heterocycles. The van der Waals surface area contributed by atoms with E-state index in [2.05, 4.69) is 15.9 Å². The van der Waals surface area contributed by atoms with Crippen LogP contribution < -0.4 is 0 Å². The maximum atomic E-state index is 11.0. The highest BCUT2D eigenvalue weighted by Crippen LogP contribution is 1.97. The summed E-state index contributed by atoms with van der Waals surface area (Å²) in [6.45, 7) is 0. The van der Waals surface area contributed by atoms with Gasteiger partial charge in [-0.15, -0.1) is 6.42 Å². The number of esters is 3. The molecule has 0 bridgehead atoms. The Balaban J connectivity index is 4.42. The summed E-state index contributed by atoms with van der Waals surface area (Å²) >= 11 is 0. The predicted molar refractivity (Wildman–Crippen MR) is 45.7 cm³/mol. The summed E-state index contributed by atoms with van der Waals surface area (Å²) in [5, 5.41) is 16.5. The highest BCUT2D eigenvalue weighted by molar-refractivity contribution is 5.94. The van der Waals surface area contributed by atoms with Gasteiger partial charge in [0, 0.05) is 5.92 Å². The fourth-order valence-electron chi connectivity index (χ4n) is 0.535. The molecule has 1 unspecified atom stereocenters. The van der Waals surface area contributed by atoms with Crippen molar-refractivity contribution in [3.8, 4) is 24.5 Å². The van der Waals surface area contributed by atoms with Crippen LogP contribution in [0.25, 0.3) is 0 Å². The first-order chi connectivity index (χ1) is 7.54. The number of nitriles is 2. The Hall–Kier alpha value is -2.85. The van der Waals surface area contributed by atoms with E-state index in [1.165, 1.54) is 18.1 Å². The van der Waals surface area contributed by atoms with Gasteiger partial charge >= 0.3 is 17.9 Å². The van der Waals surface area contributed by atoms with E-state index in [1.54, 1.807) is 0 Å². The fourth-order valence-corrected chi connectivity index (χ4v) is 0.535. The number of ether oxygens (including phenoxy) is 2. The third kappa shape index (κ3) is 4.40. The van der Waals surface area contributed by atoms with Crippen LogP contribution in [0.2, 0.25) is 0 Å². The highest BCUT2D eigenvalue weighted by Gasteiger charge is 2.25. The van der Waals surface area contributed by atoms with E-state index in [0.717, 1.165) is 0 Å². The maximum Gasteiger partial charge on any atom is 0.385 e. The van der Waals surface area contributed by atoms with Crippen molar-refractivity contribution in [2.45, 2.75) is 12.5 Å². The van der Waals surface area contributed by atoms with Crippen LogP contribution in [0.1, 0.15) is 6.42 Å². The van der Waals surface area contributed by atoms with Gasteiger partial charge in [0.1, 0.15) is 12.5 Å². The van der Waals surface area contributed by atoms with E-state index >= 15 is 0 Å². The number of carbonyl (C=O) groups excluding carboxylic acids is 3. The Labute approximate surface area is 90.2 Å². The molecule has 0 saturated carbocycles. The SMILES string of the molecule is C#CC(=O)OC(C#N)C(=O)OC(=O)CC#N. The summed E-state index contributed by atoms with van der Waals surface area (Å²) in [6, 6.07) is 2.70. The van der Waals surface area contributed by atoms with Crippen LogP contribution >= 0.6 is 0 Å². The summed E-state index contributed by atoms with van der Waals surface area (Å²) in [4.78, 5) is 32.2. The van der Waals surface area contributed by atoms with Crippen molar-refractivity contribution in [2.24, 2.45) is 0 Å². The number of rotatable bonds is 3. The zero-order valence-corrected chi connectivity index (χ0v) is 7.80. The smallest absolute Gasteiger partial charge is 0.385 e. The molecule has 0 aromatic rings. The molecule has 7 heteroatoms. The Bertz CT molecular complexity index is 434. The van der Waals surface area contributed by atoms with Gasteiger partial charge in [-0.1, -0.05) is 0 Å². The topological polar surface area (TPSA) is 117 Å². The molecule has 1 atom stereocenters. The number of carbonyl (C=O) groups is 3. The molecule has 0 heterocycles. The summed E-state index contributed by atoms with van der Waals surface area (Å²) in [5.41, 5.74) is 0. The minimum absolute atomic E-state index is 0.660. The van der Waals surface area contributed by atoms with E-state index in [4.69, 9.17) is 10.5 Å². The van der Waals surface area contributed by atoms with Gasteiger partial charge in [0.15, 0.2) is 0 Å². The largest absolute Gasteiger partial charge is 0.425 e. The monoisotopic (exact) mass is 220 g/mol. The lowest BCUT2D eigenvalue weighted by molar-refractivity contribution is -0.168. The van der Waals surface area contributed by atoms with Crippen LogP contribution in [-0.2, 0) is 23.9 Å². The lowest BCUT2D eigenvalue weighted by atomic mass is 10.4. The van der Waals surface area contributed by atoms with Gasteiger partial charge in [-0.05, 0) is 0 Å². The standard InChI is InChI=1S/C9H4N2O5/c1-2-7(12)15-6(5-11)9(14)16-8(13)3-4-10/h1,6H,3H2. The normalized spacial score (nSPS) is 9.81. The Morgan fingerprint density at radius 1 is 1.31 bits per heavy atom. The number of hydrogen-bond donors (Lipinski definition) is 0. The van der Waals surface area contributed by atoms with Gasteiger partial charge < -0.3 is 9.47 Å². The van der Waals surface area contributed by atoms with Crippen molar-refractivity contribution in [1.82, 2.24) is 0 Å². The van der Waals surface area contributed by atoms with Gasteiger partial charge in [-0.25, -0.2) is 9.59 Å². The van der Waals surface area contributed by atoms with Crippen molar-refractivity contribution in [3.05, 3.63) is 0 Å². The Morgan fingerprint density at radius 3 is 2.38 bits per heavy atom. The minimum atomic E-state index is -1.92. The van der Waals surface area contributed by atoms with Gasteiger partial charge in [0.2, 0.25) is 0 Å². The van der Waals surface area contributed by atoms with Crippen LogP contribution in [0.5, 0.6) is 0 Å². The summed E-state index contributed by atoms with van der Waals surface area (Å²) in [7, 11) is 0. The van der Waals surface area contributed by atoms with E-state index in [-0.39, 0.29) is 0 Å². The molecule has 0 fully saturated rings. The lowest BCUT2D eigenvalue weighted by Crippen LogP contribution is -2.29. The fraction of sp³-hybridized carbons (Fsp3) is 0.222. The summed E-state index contributed by atoms with van der Waals surface area (Å²) in [6.07, 6.45) is 2.04. The molecule has 0 aromatic heterocycles. The summed E-state index contributed by atoms with van der Waals surface area (Å²) < 4.78 is 8.16. The average Bonchev–Trinajstić information content (AvgIpc) is 2.25. The lowest BCUT2D eigenvalue weighted by Gasteiger charge is -2.06.